The molecule has 3 aromatic rings. The lowest BCUT2D eigenvalue weighted by Crippen LogP contribution is -2.33. The van der Waals surface area contributed by atoms with Gasteiger partial charge in [0.05, 0.1) is 30.2 Å². The fourth-order valence-electron chi connectivity index (χ4n) is 3.87. The van der Waals surface area contributed by atoms with E-state index in [2.05, 4.69) is 5.32 Å². The Morgan fingerprint density at radius 3 is 2.24 bits per heavy atom. The molecule has 0 aromatic heterocycles. The highest BCUT2D eigenvalue weighted by Crippen LogP contribution is 2.37. The molecular weight excluding hydrogens is 428 g/mol. The van der Waals surface area contributed by atoms with E-state index in [4.69, 9.17) is 9.47 Å². The number of carbonyl (C=O) groups excluding carboxylic acids is 2. The van der Waals surface area contributed by atoms with Gasteiger partial charge in [0.15, 0.2) is 0 Å². The molecule has 0 aliphatic carbocycles. The smallest absolute Gasteiger partial charge is 0.282 e. The van der Waals surface area contributed by atoms with Gasteiger partial charge >= 0.3 is 0 Å². The summed E-state index contributed by atoms with van der Waals surface area (Å²) >= 11 is 0. The highest BCUT2D eigenvalue weighted by molar-refractivity contribution is 6.46. The Bertz CT molecular complexity index is 1230. The zero-order valence-corrected chi connectivity index (χ0v) is 19.6. The van der Waals surface area contributed by atoms with Crippen LogP contribution in [0.2, 0.25) is 0 Å². The molecule has 0 radical (unpaired) electrons. The fraction of sp³-hybridized carbons (Fsp3) is 0.214. The third kappa shape index (κ3) is 4.53. The van der Waals surface area contributed by atoms with Crippen molar-refractivity contribution < 1.29 is 19.1 Å². The van der Waals surface area contributed by atoms with Crippen molar-refractivity contribution in [1.29, 1.82) is 0 Å². The Balaban J connectivity index is 1.79. The van der Waals surface area contributed by atoms with Gasteiger partial charge in [-0.1, -0.05) is 49.4 Å². The molecule has 0 bridgehead atoms. The van der Waals surface area contributed by atoms with Crippen molar-refractivity contribution in [3.05, 3.63) is 89.6 Å². The van der Waals surface area contributed by atoms with Crippen LogP contribution in [0.4, 0.5) is 11.4 Å². The van der Waals surface area contributed by atoms with Crippen molar-refractivity contribution >= 4 is 28.8 Å². The summed E-state index contributed by atoms with van der Waals surface area (Å²) < 4.78 is 11.4. The summed E-state index contributed by atoms with van der Waals surface area (Å²) in [4.78, 5) is 28.6. The zero-order chi connectivity index (χ0) is 24.1. The predicted molar refractivity (Wildman–Crippen MR) is 134 cm³/mol. The molecule has 174 valence electrons. The standard InChI is InChI=1S/C28H28N2O4/c1-4-18-34-21-16-14-20(15-17-21)25-26(29-22-11-7-9-13-24(22)33-5-2)28(32)30(27(25)31)23-12-8-6-10-19(23)3/h6-17,29H,4-5,18H2,1-3H3. The maximum absolute atomic E-state index is 13.7. The predicted octanol–water partition coefficient (Wildman–Crippen LogP) is 5.58. The lowest BCUT2D eigenvalue weighted by atomic mass is 10.0. The SMILES string of the molecule is CCCOc1ccc(C2=C(Nc3ccccc3OCC)C(=O)N(c3ccccc3C)C2=O)cc1. The van der Waals surface area contributed by atoms with Gasteiger partial charge in [-0.05, 0) is 61.7 Å². The minimum atomic E-state index is -0.410. The molecule has 0 spiro atoms. The number of para-hydroxylation sites is 3. The topological polar surface area (TPSA) is 67.9 Å². The number of hydrogen-bond donors (Lipinski definition) is 1. The van der Waals surface area contributed by atoms with Crippen LogP contribution >= 0.6 is 0 Å². The number of imide groups is 1. The lowest BCUT2D eigenvalue weighted by Gasteiger charge is -2.18. The van der Waals surface area contributed by atoms with Crippen molar-refractivity contribution in [1.82, 2.24) is 0 Å². The van der Waals surface area contributed by atoms with Crippen molar-refractivity contribution in [2.24, 2.45) is 0 Å². The molecule has 1 aliphatic rings. The molecule has 1 heterocycles. The number of anilines is 2. The summed E-state index contributed by atoms with van der Waals surface area (Å²) in [6, 6.07) is 22.0. The average Bonchev–Trinajstić information content (AvgIpc) is 3.09. The van der Waals surface area contributed by atoms with Gasteiger partial charge in [0.2, 0.25) is 0 Å². The Kier molecular flexibility index (Phi) is 6.97. The van der Waals surface area contributed by atoms with Crippen LogP contribution in [-0.4, -0.2) is 25.0 Å². The van der Waals surface area contributed by atoms with Crippen molar-refractivity contribution in [2.45, 2.75) is 27.2 Å². The Morgan fingerprint density at radius 2 is 1.53 bits per heavy atom. The number of ether oxygens (including phenoxy) is 2. The number of benzene rings is 3. The molecule has 3 aromatic carbocycles. The quantitative estimate of drug-likeness (QED) is 0.426. The van der Waals surface area contributed by atoms with E-state index in [-0.39, 0.29) is 11.6 Å². The largest absolute Gasteiger partial charge is 0.494 e. The highest BCUT2D eigenvalue weighted by Gasteiger charge is 2.41. The van der Waals surface area contributed by atoms with E-state index in [1.807, 2.05) is 87.5 Å². The molecule has 2 amide bonds. The van der Waals surface area contributed by atoms with Crippen LogP contribution in [0.15, 0.2) is 78.5 Å². The summed E-state index contributed by atoms with van der Waals surface area (Å²) in [5, 5.41) is 3.20. The number of nitrogens with one attached hydrogen (secondary N) is 1. The van der Waals surface area contributed by atoms with Gasteiger partial charge in [-0.3, -0.25) is 9.59 Å². The molecule has 0 atom stereocenters. The van der Waals surface area contributed by atoms with Gasteiger partial charge in [0, 0.05) is 0 Å². The monoisotopic (exact) mass is 456 g/mol. The van der Waals surface area contributed by atoms with Crippen LogP contribution in [0.1, 0.15) is 31.4 Å². The molecule has 1 N–H and O–H groups in total. The molecule has 0 saturated carbocycles. The van der Waals surface area contributed by atoms with E-state index in [9.17, 15) is 9.59 Å². The zero-order valence-electron chi connectivity index (χ0n) is 19.6. The van der Waals surface area contributed by atoms with Crippen LogP contribution in [0.5, 0.6) is 11.5 Å². The van der Waals surface area contributed by atoms with Crippen LogP contribution in [-0.2, 0) is 9.59 Å². The first-order chi connectivity index (χ1) is 16.5. The maximum Gasteiger partial charge on any atom is 0.282 e. The Hall–Kier alpha value is -4.06. The highest BCUT2D eigenvalue weighted by atomic mass is 16.5. The van der Waals surface area contributed by atoms with Crippen LogP contribution in [0.25, 0.3) is 5.57 Å². The molecule has 6 nitrogen and oxygen atoms in total. The molecule has 0 fully saturated rings. The summed E-state index contributed by atoms with van der Waals surface area (Å²) in [5.74, 6) is 0.537. The van der Waals surface area contributed by atoms with Crippen LogP contribution in [0.3, 0.4) is 0 Å². The molecule has 0 saturated heterocycles. The molecule has 1 aliphatic heterocycles. The molecule has 4 rings (SSSR count). The second-order valence-electron chi connectivity index (χ2n) is 7.91. The van der Waals surface area contributed by atoms with E-state index in [1.54, 1.807) is 6.07 Å². The summed E-state index contributed by atoms with van der Waals surface area (Å²) in [6.45, 7) is 6.91. The minimum Gasteiger partial charge on any atom is -0.494 e. The minimum absolute atomic E-state index is 0.211. The summed E-state index contributed by atoms with van der Waals surface area (Å²) in [5.41, 5.74) is 3.17. The van der Waals surface area contributed by atoms with Gasteiger partial charge in [-0.15, -0.1) is 0 Å². The normalized spacial score (nSPS) is 13.4. The maximum atomic E-state index is 13.7. The van der Waals surface area contributed by atoms with Crippen LogP contribution < -0.4 is 19.7 Å². The molecule has 0 unspecified atom stereocenters. The number of nitrogens with zero attached hydrogens (tertiary/aromatic N) is 1. The van der Waals surface area contributed by atoms with E-state index < -0.39 is 5.91 Å². The third-order valence-corrected chi connectivity index (χ3v) is 5.50. The molecular formula is C28H28N2O4. The average molecular weight is 457 g/mol. The van der Waals surface area contributed by atoms with Gasteiger partial charge in [-0.25, -0.2) is 4.90 Å². The number of carbonyl (C=O) groups is 2. The van der Waals surface area contributed by atoms with Gasteiger partial charge < -0.3 is 14.8 Å². The first-order valence-electron chi connectivity index (χ1n) is 11.5. The number of aryl methyl sites for hydroxylation is 1. The van der Waals surface area contributed by atoms with Gasteiger partial charge in [0.25, 0.3) is 11.8 Å². The fourth-order valence-corrected chi connectivity index (χ4v) is 3.87. The van der Waals surface area contributed by atoms with Crippen molar-refractivity contribution in [3.63, 3.8) is 0 Å². The third-order valence-electron chi connectivity index (χ3n) is 5.50. The Labute approximate surface area is 199 Å². The first kappa shape index (κ1) is 23.1. The Morgan fingerprint density at radius 1 is 0.824 bits per heavy atom. The number of rotatable bonds is 9. The van der Waals surface area contributed by atoms with Gasteiger partial charge in [0.1, 0.15) is 17.2 Å². The van der Waals surface area contributed by atoms with E-state index in [0.717, 1.165) is 17.7 Å². The lowest BCUT2D eigenvalue weighted by molar-refractivity contribution is -0.120. The van der Waals surface area contributed by atoms with E-state index in [0.29, 0.717) is 41.5 Å². The van der Waals surface area contributed by atoms with Crippen molar-refractivity contribution in [3.8, 4) is 11.5 Å². The summed E-state index contributed by atoms with van der Waals surface area (Å²) in [6.07, 6.45) is 0.901. The molecule has 6 heteroatoms. The second kappa shape index (κ2) is 10.3. The van der Waals surface area contributed by atoms with E-state index >= 15 is 0 Å². The second-order valence-corrected chi connectivity index (χ2v) is 7.91. The van der Waals surface area contributed by atoms with E-state index in [1.165, 1.54) is 4.90 Å². The number of amides is 2. The van der Waals surface area contributed by atoms with Crippen molar-refractivity contribution in [2.75, 3.05) is 23.4 Å². The molecule has 34 heavy (non-hydrogen) atoms. The van der Waals surface area contributed by atoms with Gasteiger partial charge in [-0.2, -0.15) is 0 Å². The number of hydrogen-bond acceptors (Lipinski definition) is 5. The summed E-state index contributed by atoms with van der Waals surface area (Å²) in [7, 11) is 0. The van der Waals surface area contributed by atoms with Crippen LogP contribution in [0, 0.1) is 6.92 Å². The first-order valence-corrected chi connectivity index (χ1v) is 11.5.